The summed E-state index contributed by atoms with van der Waals surface area (Å²) in [6, 6.07) is 23.4. The second-order valence-corrected chi connectivity index (χ2v) is 8.98. The Morgan fingerprint density at radius 2 is 1.59 bits per heavy atom. The molecule has 1 N–H and O–H groups in total. The van der Waals surface area contributed by atoms with Crippen LogP contribution >= 0.6 is 11.6 Å². The zero-order valence-corrected chi connectivity index (χ0v) is 21.7. The number of nitrogens with zero attached hydrogens (tertiary/aromatic N) is 2. The predicted molar refractivity (Wildman–Crippen MR) is 144 cm³/mol. The molecule has 1 heterocycles. The SMILES string of the molecule is COC(=O)CCc1ccc(-c2ccc(-c3cnn(C)c3NC(=O)OC(C)c3ccccc3Cl)cc2)cc1. The largest absolute Gasteiger partial charge is 0.469 e. The number of carbonyl (C=O) groups excluding carboxylic acids is 2. The Labute approximate surface area is 221 Å². The zero-order valence-electron chi connectivity index (χ0n) is 20.9. The Balaban J connectivity index is 1.44. The lowest BCUT2D eigenvalue weighted by atomic mass is 9.99. The van der Waals surface area contributed by atoms with Crippen LogP contribution in [0.4, 0.5) is 10.6 Å². The summed E-state index contributed by atoms with van der Waals surface area (Å²) in [6.07, 6.45) is 1.59. The minimum Gasteiger partial charge on any atom is -0.469 e. The zero-order chi connectivity index (χ0) is 26.4. The Bertz CT molecular complexity index is 1380. The first kappa shape index (κ1) is 26.0. The number of benzene rings is 3. The van der Waals surface area contributed by atoms with Crippen LogP contribution in [-0.4, -0.2) is 29.0 Å². The normalized spacial score (nSPS) is 11.6. The van der Waals surface area contributed by atoms with Crippen molar-refractivity contribution in [3.05, 3.63) is 95.1 Å². The summed E-state index contributed by atoms with van der Waals surface area (Å²) in [7, 11) is 3.15. The maximum absolute atomic E-state index is 12.7. The van der Waals surface area contributed by atoms with Gasteiger partial charge in [0.05, 0.1) is 13.3 Å². The number of esters is 1. The highest BCUT2D eigenvalue weighted by molar-refractivity contribution is 6.31. The van der Waals surface area contributed by atoms with Crippen LogP contribution < -0.4 is 5.32 Å². The Kier molecular flexibility index (Phi) is 8.25. The van der Waals surface area contributed by atoms with Gasteiger partial charge in [-0.3, -0.25) is 14.8 Å². The van der Waals surface area contributed by atoms with E-state index in [9.17, 15) is 9.59 Å². The molecule has 4 rings (SSSR count). The molecule has 1 aromatic heterocycles. The third-order valence-electron chi connectivity index (χ3n) is 6.11. The molecule has 1 atom stereocenters. The second-order valence-electron chi connectivity index (χ2n) is 8.57. The van der Waals surface area contributed by atoms with Gasteiger partial charge >= 0.3 is 12.1 Å². The first-order valence-electron chi connectivity index (χ1n) is 11.9. The van der Waals surface area contributed by atoms with Crippen LogP contribution in [0.1, 0.15) is 30.6 Å². The molecule has 37 heavy (non-hydrogen) atoms. The van der Waals surface area contributed by atoms with Gasteiger partial charge < -0.3 is 9.47 Å². The second kappa shape index (κ2) is 11.8. The number of ether oxygens (including phenoxy) is 2. The van der Waals surface area contributed by atoms with E-state index < -0.39 is 12.2 Å². The summed E-state index contributed by atoms with van der Waals surface area (Å²) < 4.78 is 11.9. The topological polar surface area (TPSA) is 82.5 Å². The fourth-order valence-electron chi connectivity index (χ4n) is 4.01. The number of hydrogen-bond donors (Lipinski definition) is 1. The van der Waals surface area contributed by atoms with Crippen LogP contribution in [0.3, 0.4) is 0 Å². The quantitative estimate of drug-likeness (QED) is 0.259. The molecule has 3 aromatic carbocycles. The average Bonchev–Trinajstić information content (AvgIpc) is 3.27. The first-order valence-corrected chi connectivity index (χ1v) is 12.2. The monoisotopic (exact) mass is 517 g/mol. The molecule has 1 unspecified atom stereocenters. The number of methoxy groups -OCH3 is 1. The van der Waals surface area contributed by atoms with Crippen molar-refractivity contribution in [2.75, 3.05) is 12.4 Å². The summed E-state index contributed by atoms with van der Waals surface area (Å²) >= 11 is 6.23. The van der Waals surface area contributed by atoms with E-state index in [4.69, 9.17) is 21.1 Å². The minimum atomic E-state index is -0.596. The first-order chi connectivity index (χ1) is 17.9. The molecule has 0 bridgehead atoms. The lowest BCUT2D eigenvalue weighted by molar-refractivity contribution is -0.140. The number of nitrogens with one attached hydrogen (secondary N) is 1. The van der Waals surface area contributed by atoms with Gasteiger partial charge in [0.25, 0.3) is 0 Å². The van der Waals surface area contributed by atoms with Crippen molar-refractivity contribution in [3.63, 3.8) is 0 Å². The molecule has 8 heteroatoms. The standard InChI is InChI=1S/C29H28ClN3O4/c1-19(24-6-4-5-7-26(24)30)37-29(35)32-28-25(18-31-33(28)2)23-15-13-22(14-16-23)21-11-8-20(9-12-21)10-17-27(34)36-3/h4-9,11-16,18-19H,10,17H2,1-3H3,(H,32,35). The molecule has 0 spiro atoms. The fraction of sp³-hybridized carbons (Fsp3) is 0.207. The summed E-state index contributed by atoms with van der Waals surface area (Å²) in [5.41, 5.74) is 5.60. The highest BCUT2D eigenvalue weighted by Gasteiger charge is 2.18. The van der Waals surface area contributed by atoms with Gasteiger partial charge in [0.1, 0.15) is 11.9 Å². The van der Waals surface area contributed by atoms with E-state index in [1.54, 1.807) is 30.9 Å². The Hall–Kier alpha value is -4.10. The van der Waals surface area contributed by atoms with Crippen molar-refractivity contribution >= 4 is 29.5 Å². The molecule has 0 fully saturated rings. The summed E-state index contributed by atoms with van der Waals surface area (Å²) in [4.78, 5) is 24.0. The highest BCUT2D eigenvalue weighted by atomic mass is 35.5. The lowest BCUT2D eigenvalue weighted by Gasteiger charge is -2.16. The van der Waals surface area contributed by atoms with E-state index >= 15 is 0 Å². The van der Waals surface area contributed by atoms with Crippen LogP contribution in [-0.2, 0) is 27.7 Å². The van der Waals surface area contributed by atoms with Crippen LogP contribution in [0.2, 0.25) is 5.02 Å². The van der Waals surface area contributed by atoms with Crippen molar-refractivity contribution in [2.45, 2.75) is 25.9 Å². The molecular formula is C29H28ClN3O4. The molecule has 0 radical (unpaired) electrons. The molecule has 0 saturated heterocycles. The molecule has 0 saturated carbocycles. The average molecular weight is 518 g/mol. The van der Waals surface area contributed by atoms with Crippen LogP contribution in [0.15, 0.2) is 79.0 Å². The van der Waals surface area contributed by atoms with Crippen molar-refractivity contribution in [1.82, 2.24) is 9.78 Å². The van der Waals surface area contributed by atoms with Gasteiger partial charge in [-0.2, -0.15) is 5.10 Å². The number of anilines is 1. The number of halogens is 1. The lowest BCUT2D eigenvalue weighted by Crippen LogP contribution is -2.18. The highest BCUT2D eigenvalue weighted by Crippen LogP contribution is 2.31. The molecule has 190 valence electrons. The fourth-order valence-corrected chi connectivity index (χ4v) is 4.30. The Morgan fingerprint density at radius 3 is 2.24 bits per heavy atom. The van der Waals surface area contributed by atoms with Crippen LogP contribution in [0, 0.1) is 0 Å². The number of rotatable bonds is 8. The molecule has 0 aliphatic heterocycles. The molecule has 4 aromatic rings. The number of hydrogen-bond acceptors (Lipinski definition) is 5. The van der Waals surface area contributed by atoms with E-state index in [1.165, 1.54) is 7.11 Å². The van der Waals surface area contributed by atoms with Gasteiger partial charge in [0.15, 0.2) is 0 Å². The number of amides is 1. The third kappa shape index (κ3) is 6.37. The number of aromatic nitrogens is 2. The smallest absolute Gasteiger partial charge is 0.413 e. The Morgan fingerprint density at radius 1 is 0.973 bits per heavy atom. The van der Waals surface area contributed by atoms with Crippen molar-refractivity contribution < 1.29 is 19.1 Å². The van der Waals surface area contributed by atoms with Gasteiger partial charge in [-0.25, -0.2) is 4.79 Å². The third-order valence-corrected chi connectivity index (χ3v) is 6.46. The van der Waals surface area contributed by atoms with Crippen molar-refractivity contribution in [2.24, 2.45) is 7.05 Å². The van der Waals surface area contributed by atoms with Crippen LogP contribution in [0.5, 0.6) is 0 Å². The van der Waals surface area contributed by atoms with E-state index in [1.807, 2.05) is 66.7 Å². The van der Waals surface area contributed by atoms with Gasteiger partial charge in [-0.15, -0.1) is 0 Å². The predicted octanol–water partition coefficient (Wildman–Crippen LogP) is 6.82. The van der Waals surface area contributed by atoms with E-state index in [2.05, 4.69) is 10.4 Å². The van der Waals surface area contributed by atoms with Crippen LogP contribution in [0.25, 0.3) is 22.3 Å². The molecule has 0 aliphatic rings. The van der Waals surface area contributed by atoms with Gasteiger partial charge in [0, 0.05) is 29.6 Å². The summed E-state index contributed by atoms with van der Waals surface area (Å²) in [5.74, 6) is 0.311. The van der Waals surface area contributed by atoms with Crippen molar-refractivity contribution in [3.8, 4) is 22.3 Å². The maximum atomic E-state index is 12.7. The molecule has 7 nitrogen and oxygen atoms in total. The van der Waals surface area contributed by atoms with Gasteiger partial charge in [-0.1, -0.05) is 78.3 Å². The number of aryl methyl sites for hydroxylation is 2. The molecule has 0 aliphatic carbocycles. The summed E-state index contributed by atoms with van der Waals surface area (Å²) in [6.45, 7) is 1.77. The van der Waals surface area contributed by atoms with E-state index in [-0.39, 0.29) is 5.97 Å². The van der Waals surface area contributed by atoms with Crippen molar-refractivity contribution in [1.29, 1.82) is 0 Å². The number of carbonyl (C=O) groups is 2. The minimum absolute atomic E-state index is 0.215. The van der Waals surface area contributed by atoms with Gasteiger partial charge in [-0.05, 0) is 41.7 Å². The molecule has 1 amide bonds. The van der Waals surface area contributed by atoms with E-state index in [0.717, 1.165) is 33.4 Å². The van der Waals surface area contributed by atoms with E-state index in [0.29, 0.717) is 23.7 Å². The molecular weight excluding hydrogens is 490 g/mol. The summed E-state index contributed by atoms with van der Waals surface area (Å²) in [5, 5.41) is 7.68. The van der Waals surface area contributed by atoms with Gasteiger partial charge in [0.2, 0.25) is 0 Å². The maximum Gasteiger partial charge on any atom is 0.413 e.